The highest BCUT2D eigenvalue weighted by Gasteiger charge is 2.16. The highest BCUT2D eigenvalue weighted by molar-refractivity contribution is 7.99. The number of hydrogen-bond donors (Lipinski definition) is 2. The molecule has 5 heteroatoms. The van der Waals surface area contributed by atoms with Crippen LogP contribution in [-0.4, -0.2) is 23.6 Å². The second-order valence-corrected chi connectivity index (χ2v) is 5.32. The summed E-state index contributed by atoms with van der Waals surface area (Å²) in [4.78, 5) is 4.34. The van der Waals surface area contributed by atoms with Gasteiger partial charge in [0.05, 0.1) is 13.2 Å². The van der Waals surface area contributed by atoms with Gasteiger partial charge >= 0.3 is 0 Å². The number of nitrogens with zero attached hydrogens (tertiary/aromatic N) is 1. The lowest BCUT2D eigenvalue weighted by atomic mass is 10.2. The lowest BCUT2D eigenvalue weighted by Crippen LogP contribution is -2.30. The predicted octanol–water partition coefficient (Wildman–Crippen LogP) is 1.98. The summed E-state index contributed by atoms with van der Waals surface area (Å²) in [6, 6.07) is 3.78. The van der Waals surface area contributed by atoms with Crippen molar-refractivity contribution in [3.05, 3.63) is 24.0 Å². The van der Waals surface area contributed by atoms with Crippen LogP contribution in [0.1, 0.15) is 25.6 Å². The van der Waals surface area contributed by atoms with E-state index in [0.717, 1.165) is 22.9 Å². The van der Waals surface area contributed by atoms with Crippen LogP contribution < -0.4 is 16.0 Å². The van der Waals surface area contributed by atoms with E-state index in [1.807, 2.05) is 23.9 Å². The van der Waals surface area contributed by atoms with Crippen LogP contribution in [0.3, 0.4) is 0 Å². The topological polar surface area (TPSA) is 60.2 Å². The van der Waals surface area contributed by atoms with Crippen molar-refractivity contribution in [1.82, 2.24) is 10.4 Å². The SMILES string of the molecule is COc1cccnc1C(CSCC(C)C)NN. The Balaban J connectivity index is 2.65. The summed E-state index contributed by atoms with van der Waals surface area (Å²) < 4.78 is 5.29. The Morgan fingerprint density at radius 3 is 2.82 bits per heavy atom. The van der Waals surface area contributed by atoms with Gasteiger partial charge in [0.15, 0.2) is 0 Å². The van der Waals surface area contributed by atoms with Gasteiger partial charge in [-0.1, -0.05) is 13.8 Å². The normalized spacial score (nSPS) is 12.8. The van der Waals surface area contributed by atoms with Gasteiger partial charge in [-0.3, -0.25) is 16.3 Å². The molecule has 0 amide bonds. The first-order valence-corrected chi connectivity index (χ1v) is 6.87. The maximum absolute atomic E-state index is 5.59. The van der Waals surface area contributed by atoms with Crippen LogP contribution in [0, 0.1) is 5.92 Å². The predicted molar refractivity (Wildman–Crippen MR) is 73.0 cm³/mol. The average Bonchev–Trinajstić information content (AvgIpc) is 2.34. The molecule has 0 aliphatic rings. The van der Waals surface area contributed by atoms with Crippen LogP contribution in [0.15, 0.2) is 18.3 Å². The molecule has 3 N–H and O–H groups in total. The van der Waals surface area contributed by atoms with E-state index in [0.29, 0.717) is 5.92 Å². The Morgan fingerprint density at radius 1 is 1.47 bits per heavy atom. The summed E-state index contributed by atoms with van der Waals surface area (Å²) in [5.74, 6) is 9.06. The molecule has 0 aliphatic carbocycles. The second kappa shape index (κ2) is 7.53. The zero-order valence-corrected chi connectivity index (χ0v) is 11.5. The summed E-state index contributed by atoms with van der Waals surface area (Å²) in [5.41, 5.74) is 3.67. The fraction of sp³-hybridized carbons (Fsp3) is 0.583. The number of methoxy groups -OCH3 is 1. The molecule has 1 aromatic rings. The molecule has 1 rings (SSSR count). The van der Waals surface area contributed by atoms with Crippen LogP contribution >= 0.6 is 11.8 Å². The quantitative estimate of drug-likeness (QED) is 0.576. The Bertz CT molecular complexity index is 333. The van der Waals surface area contributed by atoms with Crippen molar-refractivity contribution in [2.75, 3.05) is 18.6 Å². The average molecular weight is 255 g/mol. The molecule has 0 radical (unpaired) electrons. The zero-order valence-electron chi connectivity index (χ0n) is 10.6. The summed E-state index contributed by atoms with van der Waals surface area (Å²) in [7, 11) is 1.65. The molecule has 0 bridgehead atoms. The first-order valence-electron chi connectivity index (χ1n) is 5.71. The molecule has 1 aromatic heterocycles. The standard InChI is InChI=1S/C12H21N3OS/c1-9(2)7-17-8-10(15-13)12-11(16-3)5-4-6-14-12/h4-6,9-10,15H,7-8,13H2,1-3H3. The number of hydrogen-bond acceptors (Lipinski definition) is 5. The van der Waals surface area contributed by atoms with Crippen molar-refractivity contribution >= 4 is 11.8 Å². The van der Waals surface area contributed by atoms with E-state index >= 15 is 0 Å². The van der Waals surface area contributed by atoms with Gasteiger partial charge in [0.25, 0.3) is 0 Å². The number of nitrogens with two attached hydrogens (primary N) is 1. The summed E-state index contributed by atoms with van der Waals surface area (Å²) >= 11 is 1.87. The molecular formula is C12H21N3OS. The molecule has 4 nitrogen and oxygen atoms in total. The van der Waals surface area contributed by atoms with Gasteiger partial charge in [0.2, 0.25) is 0 Å². The molecule has 17 heavy (non-hydrogen) atoms. The fourth-order valence-electron chi connectivity index (χ4n) is 1.46. The molecule has 1 atom stereocenters. The molecule has 0 aliphatic heterocycles. The summed E-state index contributed by atoms with van der Waals surface area (Å²) in [6.07, 6.45) is 1.76. The van der Waals surface area contributed by atoms with E-state index < -0.39 is 0 Å². The minimum atomic E-state index is 0.0231. The zero-order chi connectivity index (χ0) is 12.7. The number of rotatable bonds is 7. The maximum Gasteiger partial charge on any atom is 0.142 e. The molecule has 1 unspecified atom stereocenters. The lowest BCUT2D eigenvalue weighted by molar-refractivity contribution is 0.398. The molecule has 0 fully saturated rings. The maximum atomic E-state index is 5.59. The highest BCUT2D eigenvalue weighted by atomic mass is 32.2. The number of aromatic nitrogens is 1. The van der Waals surface area contributed by atoms with E-state index in [-0.39, 0.29) is 6.04 Å². The molecular weight excluding hydrogens is 234 g/mol. The molecule has 1 heterocycles. The van der Waals surface area contributed by atoms with Crippen LogP contribution in [0.5, 0.6) is 5.75 Å². The minimum Gasteiger partial charge on any atom is -0.495 e. The van der Waals surface area contributed by atoms with Crippen molar-refractivity contribution in [2.24, 2.45) is 11.8 Å². The van der Waals surface area contributed by atoms with Gasteiger partial charge in [0.1, 0.15) is 11.4 Å². The number of pyridine rings is 1. The molecule has 0 saturated heterocycles. The van der Waals surface area contributed by atoms with Gasteiger partial charge in [-0.2, -0.15) is 11.8 Å². The number of nitrogens with one attached hydrogen (secondary N) is 1. The van der Waals surface area contributed by atoms with E-state index in [2.05, 4.69) is 24.3 Å². The Morgan fingerprint density at radius 2 is 2.24 bits per heavy atom. The number of thioether (sulfide) groups is 1. The van der Waals surface area contributed by atoms with Crippen molar-refractivity contribution in [3.63, 3.8) is 0 Å². The lowest BCUT2D eigenvalue weighted by Gasteiger charge is -2.17. The third-order valence-electron chi connectivity index (χ3n) is 2.29. The van der Waals surface area contributed by atoms with Crippen LogP contribution in [0.2, 0.25) is 0 Å². The molecule has 96 valence electrons. The Labute approximate surface area is 107 Å². The summed E-state index contributed by atoms with van der Waals surface area (Å²) in [6.45, 7) is 4.42. The minimum absolute atomic E-state index is 0.0231. The van der Waals surface area contributed by atoms with E-state index in [1.165, 1.54) is 0 Å². The third kappa shape index (κ3) is 4.53. The molecule has 0 saturated carbocycles. The van der Waals surface area contributed by atoms with E-state index in [4.69, 9.17) is 10.6 Å². The van der Waals surface area contributed by atoms with Gasteiger partial charge < -0.3 is 4.74 Å². The first kappa shape index (κ1) is 14.3. The van der Waals surface area contributed by atoms with Crippen LogP contribution in [0.4, 0.5) is 0 Å². The number of hydrazine groups is 1. The van der Waals surface area contributed by atoms with Crippen molar-refractivity contribution in [2.45, 2.75) is 19.9 Å². The van der Waals surface area contributed by atoms with E-state index in [9.17, 15) is 0 Å². The first-order chi connectivity index (χ1) is 8.19. The van der Waals surface area contributed by atoms with Gasteiger partial charge in [-0.05, 0) is 23.8 Å². The van der Waals surface area contributed by atoms with Crippen molar-refractivity contribution < 1.29 is 4.74 Å². The largest absolute Gasteiger partial charge is 0.495 e. The van der Waals surface area contributed by atoms with Gasteiger partial charge in [-0.25, -0.2) is 0 Å². The Hall–Kier alpha value is -0.780. The van der Waals surface area contributed by atoms with Crippen molar-refractivity contribution in [1.29, 1.82) is 0 Å². The van der Waals surface area contributed by atoms with Crippen LogP contribution in [-0.2, 0) is 0 Å². The monoisotopic (exact) mass is 255 g/mol. The van der Waals surface area contributed by atoms with Crippen LogP contribution in [0.25, 0.3) is 0 Å². The fourth-order valence-corrected chi connectivity index (χ4v) is 2.56. The van der Waals surface area contributed by atoms with E-state index in [1.54, 1.807) is 13.3 Å². The molecule has 0 spiro atoms. The summed E-state index contributed by atoms with van der Waals surface area (Å²) in [5, 5.41) is 0. The Kier molecular flexibility index (Phi) is 6.32. The third-order valence-corrected chi connectivity index (χ3v) is 3.76. The highest BCUT2D eigenvalue weighted by Crippen LogP contribution is 2.25. The molecule has 0 aromatic carbocycles. The smallest absolute Gasteiger partial charge is 0.142 e. The number of ether oxygens (including phenoxy) is 1. The van der Waals surface area contributed by atoms with Gasteiger partial charge in [-0.15, -0.1) is 0 Å². The second-order valence-electron chi connectivity index (χ2n) is 4.24. The van der Waals surface area contributed by atoms with Gasteiger partial charge in [0, 0.05) is 11.9 Å². The van der Waals surface area contributed by atoms with Crippen molar-refractivity contribution in [3.8, 4) is 5.75 Å².